The van der Waals surface area contributed by atoms with Gasteiger partial charge >= 0.3 is 30.1 Å². The Bertz CT molecular complexity index is 748. The molecule has 0 aliphatic heterocycles. The maximum absolute atomic E-state index is 12.9. The zero-order valence-corrected chi connectivity index (χ0v) is 22.2. The van der Waals surface area contributed by atoms with E-state index in [-0.39, 0.29) is 25.7 Å². The van der Waals surface area contributed by atoms with E-state index in [0.717, 1.165) is 7.11 Å². The van der Waals surface area contributed by atoms with Gasteiger partial charge in [0.15, 0.2) is 0 Å². The summed E-state index contributed by atoms with van der Waals surface area (Å²) in [5, 5.41) is 0. The molecular formula is C24H39NO10. The molecule has 0 aromatic carbocycles. The first-order chi connectivity index (χ1) is 16.1. The lowest BCUT2D eigenvalue weighted by Gasteiger charge is -2.32. The number of hydrogen-bond acceptors (Lipinski definition) is 10. The topological polar surface area (TPSA) is 135 Å². The van der Waals surface area contributed by atoms with Gasteiger partial charge in [-0.25, -0.2) is 14.4 Å². The Morgan fingerprint density at radius 1 is 0.743 bits per heavy atom. The first-order valence-corrected chi connectivity index (χ1v) is 11.2. The Morgan fingerprint density at radius 2 is 1.23 bits per heavy atom. The molecule has 2 amide bonds. The van der Waals surface area contributed by atoms with Gasteiger partial charge < -0.3 is 23.7 Å². The fourth-order valence-electron chi connectivity index (χ4n) is 2.77. The van der Waals surface area contributed by atoms with Gasteiger partial charge in [-0.1, -0.05) is 12.2 Å². The summed E-state index contributed by atoms with van der Waals surface area (Å²) in [4.78, 5) is 62.3. The third-order valence-electron chi connectivity index (χ3n) is 4.33. The summed E-state index contributed by atoms with van der Waals surface area (Å²) in [5.74, 6) is -2.57. The van der Waals surface area contributed by atoms with Crippen molar-refractivity contribution in [3.8, 4) is 0 Å². The highest BCUT2D eigenvalue weighted by Gasteiger charge is 2.40. The van der Waals surface area contributed by atoms with Gasteiger partial charge in [-0.05, 0) is 60.8 Å². The number of esters is 3. The minimum atomic E-state index is -1.35. The average Bonchev–Trinajstić information content (AvgIpc) is 2.73. The van der Waals surface area contributed by atoms with Gasteiger partial charge in [-0.2, -0.15) is 4.90 Å². The molecule has 0 aromatic rings. The molecule has 0 saturated heterocycles. The summed E-state index contributed by atoms with van der Waals surface area (Å²) < 4.78 is 24.8. The first kappa shape index (κ1) is 31.9. The summed E-state index contributed by atoms with van der Waals surface area (Å²) in [5.41, 5.74) is -1.88. The monoisotopic (exact) mass is 501 g/mol. The van der Waals surface area contributed by atoms with E-state index in [1.807, 2.05) is 0 Å². The molecule has 0 fully saturated rings. The summed E-state index contributed by atoms with van der Waals surface area (Å²) in [6, 6.07) is -1.35. The van der Waals surface area contributed by atoms with E-state index >= 15 is 0 Å². The zero-order valence-electron chi connectivity index (χ0n) is 22.2. The average molecular weight is 502 g/mol. The lowest BCUT2D eigenvalue weighted by atomic mass is 10.0. The number of amides is 2. The van der Waals surface area contributed by atoms with Crippen LogP contribution in [0.5, 0.6) is 0 Å². The van der Waals surface area contributed by atoms with Crippen LogP contribution >= 0.6 is 0 Å². The number of hydrogen-bond donors (Lipinski definition) is 0. The standard InChI is InChI=1S/C24H39NO10/c1-23(2,3)34-21(29)25(22(30)35-24(4,5)6)17(20(28)33-9)13-11-10-12-16(19(27)32-8)14-15-18(26)31-7/h10,12,16-17H,11,13-15H2,1-9H3/b12-10+/t16-,17-/m0/s1. The molecule has 0 saturated carbocycles. The molecule has 0 unspecified atom stereocenters. The van der Waals surface area contributed by atoms with Crippen LogP contribution in [0.25, 0.3) is 0 Å². The Hall–Kier alpha value is -3.11. The van der Waals surface area contributed by atoms with Crippen LogP contribution in [0, 0.1) is 5.92 Å². The zero-order chi connectivity index (χ0) is 27.4. The minimum absolute atomic E-state index is 0.0104. The van der Waals surface area contributed by atoms with Gasteiger partial charge in [0.2, 0.25) is 0 Å². The fraction of sp³-hybridized carbons (Fsp3) is 0.708. The fourth-order valence-corrected chi connectivity index (χ4v) is 2.77. The SMILES string of the molecule is COC(=O)CC[C@H](/C=C/CC[C@@H](C(=O)OC)N(C(=O)OC(C)(C)C)C(=O)OC(C)(C)C)C(=O)OC. The third kappa shape index (κ3) is 12.8. The van der Waals surface area contributed by atoms with Gasteiger partial charge in [-0.3, -0.25) is 9.59 Å². The second kappa shape index (κ2) is 14.3. The predicted molar refractivity (Wildman–Crippen MR) is 125 cm³/mol. The smallest absolute Gasteiger partial charge is 0.420 e. The molecule has 0 aliphatic rings. The van der Waals surface area contributed by atoms with Crippen LogP contribution in [-0.2, 0) is 38.1 Å². The van der Waals surface area contributed by atoms with Crippen molar-refractivity contribution >= 4 is 30.1 Å². The van der Waals surface area contributed by atoms with Crippen LogP contribution in [0.1, 0.15) is 67.2 Å². The molecule has 2 atom stereocenters. The van der Waals surface area contributed by atoms with Gasteiger partial charge in [0.25, 0.3) is 0 Å². The Balaban J connectivity index is 5.77. The summed E-state index contributed by atoms with van der Waals surface area (Å²) in [7, 11) is 3.61. The first-order valence-electron chi connectivity index (χ1n) is 11.2. The van der Waals surface area contributed by atoms with Gasteiger partial charge in [0, 0.05) is 6.42 Å². The minimum Gasteiger partial charge on any atom is -0.469 e. The van der Waals surface area contributed by atoms with E-state index in [4.69, 9.17) is 18.9 Å². The third-order valence-corrected chi connectivity index (χ3v) is 4.33. The maximum Gasteiger partial charge on any atom is 0.420 e. The van der Waals surface area contributed by atoms with Gasteiger partial charge in [0.05, 0.1) is 27.2 Å². The highest BCUT2D eigenvalue weighted by Crippen LogP contribution is 2.20. The van der Waals surface area contributed by atoms with E-state index in [2.05, 4.69) is 4.74 Å². The number of rotatable bonds is 10. The Morgan fingerprint density at radius 3 is 1.63 bits per heavy atom. The normalized spacial score (nSPS) is 13.4. The van der Waals surface area contributed by atoms with E-state index in [1.165, 1.54) is 20.3 Å². The summed E-state index contributed by atoms with van der Waals surface area (Å²) >= 11 is 0. The Kier molecular flexibility index (Phi) is 13.1. The van der Waals surface area contributed by atoms with Gasteiger partial charge in [0.1, 0.15) is 17.2 Å². The van der Waals surface area contributed by atoms with Crippen LogP contribution in [0.4, 0.5) is 9.59 Å². The lowest BCUT2D eigenvalue weighted by Crippen LogP contribution is -2.52. The molecule has 0 radical (unpaired) electrons. The number of carbonyl (C=O) groups excluding carboxylic acids is 5. The lowest BCUT2D eigenvalue weighted by molar-refractivity contribution is -0.147. The number of ether oxygens (including phenoxy) is 5. The molecule has 0 spiro atoms. The number of allylic oxidation sites excluding steroid dienone is 1. The summed E-state index contributed by atoms with van der Waals surface area (Å²) in [6.07, 6.45) is 1.33. The number of methoxy groups -OCH3 is 3. The van der Waals surface area contributed by atoms with Crippen molar-refractivity contribution in [1.82, 2.24) is 4.90 Å². The second-order valence-corrected chi connectivity index (χ2v) is 9.62. The van der Waals surface area contributed by atoms with Crippen molar-refractivity contribution in [1.29, 1.82) is 0 Å². The maximum atomic E-state index is 12.9. The largest absolute Gasteiger partial charge is 0.469 e. The molecule has 0 rings (SSSR count). The molecule has 0 aromatic heterocycles. The molecule has 0 bridgehead atoms. The van der Waals surface area contributed by atoms with Crippen LogP contribution in [-0.4, -0.2) is 73.6 Å². The van der Waals surface area contributed by atoms with Crippen molar-refractivity contribution in [2.24, 2.45) is 5.92 Å². The molecule has 0 aliphatic carbocycles. The molecule has 11 heteroatoms. The highest BCUT2D eigenvalue weighted by atomic mass is 16.6. The number of nitrogens with zero attached hydrogens (tertiary/aromatic N) is 1. The van der Waals surface area contributed by atoms with E-state index in [9.17, 15) is 24.0 Å². The van der Waals surface area contributed by atoms with E-state index in [1.54, 1.807) is 47.6 Å². The predicted octanol–water partition coefficient (Wildman–Crippen LogP) is 3.78. The quantitative estimate of drug-likeness (QED) is 0.247. The summed E-state index contributed by atoms with van der Waals surface area (Å²) in [6.45, 7) is 9.72. The molecular weight excluding hydrogens is 462 g/mol. The van der Waals surface area contributed by atoms with Crippen molar-refractivity contribution in [3.63, 3.8) is 0 Å². The molecule has 0 N–H and O–H groups in total. The van der Waals surface area contributed by atoms with Gasteiger partial charge in [-0.15, -0.1) is 0 Å². The molecule has 11 nitrogen and oxygen atoms in total. The number of carbonyl (C=O) groups is 5. The van der Waals surface area contributed by atoms with E-state index < -0.39 is 53.3 Å². The van der Waals surface area contributed by atoms with Crippen LogP contribution in [0.15, 0.2) is 12.2 Å². The highest BCUT2D eigenvalue weighted by molar-refractivity contribution is 5.94. The van der Waals surface area contributed by atoms with Crippen LogP contribution in [0.2, 0.25) is 0 Å². The van der Waals surface area contributed by atoms with Crippen LogP contribution in [0.3, 0.4) is 0 Å². The Labute approximate surface area is 207 Å². The van der Waals surface area contributed by atoms with E-state index in [0.29, 0.717) is 4.90 Å². The molecule has 0 heterocycles. The van der Waals surface area contributed by atoms with Crippen molar-refractivity contribution in [3.05, 3.63) is 12.2 Å². The number of imide groups is 1. The second-order valence-electron chi connectivity index (χ2n) is 9.62. The molecule has 200 valence electrons. The van der Waals surface area contributed by atoms with Crippen molar-refractivity contribution in [2.45, 2.75) is 84.5 Å². The molecule has 35 heavy (non-hydrogen) atoms. The van der Waals surface area contributed by atoms with Crippen LogP contribution < -0.4 is 0 Å². The van der Waals surface area contributed by atoms with Crippen molar-refractivity contribution in [2.75, 3.05) is 21.3 Å². The van der Waals surface area contributed by atoms with Crippen molar-refractivity contribution < 1.29 is 47.7 Å².